The van der Waals surface area contributed by atoms with E-state index in [0.717, 1.165) is 22.2 Å². The van der Waals surface area contributed by atoms with Crippen molar-refractivity contribution in [1.29, 1.82) is 0 Å². The first kappa shape index (κ1) is 24.5. The van der Waals surface area contributed by atoms with E-state index < -0.39 is 22.9 Å². The predicted molar refractivity (Wildman–Crippen MR) is 132 cm³/mol. The Labute approximate surface area is 210 Å². The zero-order chi connectivity index (χ0) is 25.1. The average molecular weight is 512 g/mol. The fraction of sp³-hybridized carbons (Fsp3) is 0.115. The van der Waals surface area contributed by atoms with Gasteiger partial charge in [0.1, 0.15) is 5.82 Å². The molecule has 0 N–H and O–H groups in total. The van der Waals surface area contributed by atoms with Gasteiger partial charge in [0.05, 0.1) is 29.1 Å². The lowest BCUT2D eigenvalue weighted by Gasteiger charge is -2.13. The Hall–Kier alpha value is -3.62. The fourth-order valence-corrected chi connectivity index (χ4v) is 4.44. The lowest BCUT2D eigenvalue weighted by molar-refractivity contribution is -0.123. The number of carbonyl (C=O) groups excluding carboxylic acids is 3. The topological polar surface area (TPSA) is 72.9 Å². The highest BCUT2D eigenvalue weighted by Gasteiger charge is 2.35. The molecule has 3 aromatic rings. The van der Waals surface area contributed by atoms with Gasteiger partial charge in [-0.15, -0.1) is 0 Å². The number of nitrogens with zero attached hydrogens (tertiary/aromatic N) is 1. The number of hydrogen-bond acceptors (Lipinski definition) is 6. The lowest BCUT2D eigenvalue weighted by Crippen LogP contribution is -2.27. The van der Waals surface area contributed by atoms with Gasteiger partial charge in [-0.25, -0.2) is 9.18 Å². The van der Waals surface area contributed by atoms with Crippen molar-refractivity contribution in [1.82, 2.24) is 4.90 Å². The van der Waals surface area contributed by atoms with Crippen molar-refractivity contribution in [3.05, 3.63) is 98.7 Å². The van der Waals surface area contributed by atoms with Crippen LogP contribution in [-0.2, 0) is 11.3 Å². The quantitative estimate of drug-likeness (QED) is 0.221. The van der Waals surface area contributed by atoms with Gasteiger partial charge < -0.3 is 9.47 Å². The van der Waals surface area contributed by atoms with Crippen LogP contribution in [0.4, 0.5) is 9.18 Å². The second kappa shape index (κ2) is 10.3. The largest absolute Gasteiger partial charge is 0.493 e. The van der Waals surface area contributed by atoms with Gasteiger partial charge in [-0.3, -0.25) is 14.5 Å². The van der Waals surface area contributed by atoms with Crippen LogP contribution in [0.25, 0.3) is 6.08 Å². The summed E-state index contributed by atoms with van der Waals surface area (Å²) in [4.78, 5) is 38.9. The number of rotatable bonds is 6. The van der Waals surface area contributed by atoms with Crippen molar-refractivity contribution >= 4 is 46.6 Å². The number of hydrogen-bond donors (Lipinski definition) is 0. The predicted octanol–water partition coefficient (Wildman–Crippen LogP) is 6.25. The molecule has 3 aromatic carbocycles. The minimum atomic E-state index is -0.604. The molecule has 1 saturated heterocycles. The number of aryl methyl sites for hydroxylation is 1. The second-order valence-electron chi connectivity index (χ2n) is 7.65. The first-order valence-electron chi connectivity index (χ1n) is 10.4. The molecule has 9 heteroatoms. The van der Waals surface area contributed by atoms with Crippen LogP contribution >= 0.6 is 23.4 Å². The molecule has 0 aliphatic carbocycles. The molecule has 0 spiro atoms. The highest BCUT2D eigenvalue weighted by molar-refractivity contribution is 8.18. The zero-order valence-corrected chi connectivity index (χ0v) is 20.3. The van der Waals surface area contributed by atoms with Gasteiger partial charge in [-0.05, 0) is 60.7 Å². The van der Waals surface area contributed by atoms with Crippen LogP contribution in [-0.4, -0.2) is 29.1 Å². The van der Waals surface area contributed by atoms with Gasteiger partial charge in [-0.2, -0.15) is 0 Å². The Kier molecular flexibility index (Phi) is 7.23. The van der Waals surface area contributed by atoms with Crippen LogP contribution < -0.4 is 9.47 Å². The third-order valence-electron chi connectivity index (χ3n) is 5.19. The molecule has 0 atom stereocenters. The summed E-state index contributed by atoms with van der Waals surface area (Å²) < 4.78 is 24.8. The molecule has 1 aliphatic heterocycles. The van der Waals surface area contributed by atoms with Crippen molar-refractivity contribution < 1.29 is 28.2 Å². The molecule has 0 unspecified atom stereocenters. The van der Waals surface area contributed by atoms with E-state index in [9.17, 15) is 18.8 Å². The SMILES string of the molecule is COc1cc(/C=C2\SC(=O)N(Cc3ccccc3F)C2=O)cc(Cl)c1OC(=O)c1ccc(C)cc1. The van der Waals surface area contributed by atoms with E-state index in [2.05, 4.69) is 0 Å². The average Bonchev–Trinajstić information content (AvgIpc) is 3.09. The van der Waals surface area contributed by atoms with Crippen LogP contribution in [0.1, 0.15) is 27.0 Å². The summed E-state index contributed by atoms with van der Waals surface area (Å²) in [5.74, 6) is -1.44. The molecular formula is C26H19ClFNO5S. The van der Waals surface area contributed by atoms with Gasteiger partial charge in [0.25, 0.3) is 11.1 Å². The number of imide groups is 1. The highest BCUT2D eigenvalue weighted by atomic mass is 35.5. The molecule has 1 aliphatic rings. The van der Waals surface area contributed by atoms with Crippen LogP contribution in [0, 0.1) is 12.7 Å². The third-order valence-corrected chi connectivity index (χ3v) is 6.38. The van der Waals surface area contributed by atoms with Gasteiger partial charge in [-0.1, -0.05) is 47.5 Å². The van der Waals surface area contributed by atoms with Crippen molar-refractivity contribution in [2.75, 3.05) is 7.11 Å². The van der Waals surface area contributed by atoms with Crippen LogP contribution in [0.2, 0.25) is 5.02 Å². The minimum absolute atomic E-state index is 0.0320. The zero-order valence-electron chi connectivity index (χ0n) is 18.7. The molecule has 1 heterocycles. The maximum Gasteiger partial charge on any atom is 0.343 e. The summed E-state index contributed by atoms with van der Waals surface area (Å²) >= 11 is 7.12. The first-order valence-corrected chi connectivity index (χ1v) is 11.6. The molecule has 35 heavy (non-hydrogen) atoms. The van der Waals surface area contributed by atoms with Crippen molar-refractivity contribution in [3.63, 3.8) is 0 Å². The van der Waals surface area contributed by atoms with Gasteiger partial charge in [0.2, 0.25) is 0 Å². The number of carbonyl (C=O) groups is 3. The molecule has 178 valence electrons. The van der Waals surface area contributed by atoms with Crippen molar-refractivity contribution in [3.8, 4) is 11.5 Å². The first-order chi connectivity index (χ1) is 16.8. The van der Waals surface area contributed by atoms with Crippen molar-refractivity contribution in [2.24, 2.45) is 0 Å². The van der Waals surface area contributed by atoms with Gasteiger partial charge in [0.15, 0.2) is 11.5 Å². The molecule has 2 amide bonds. The summed E-state index contributed by atoms with van der Waals surface area (Å²) in [5.41, 5.74) is 2.04. The Morgan fingerprint density at radius 2 is 1.83 bits per heavy atom. The van der Waals surface area contributed by atoms with Crippen LogP contribution in [0.5, 0.6) is 11.5 Å². The van der Waals surface area contributed by atoms with E-state index in [0.29, 0.717) is 11.1 Å². The summed E-state index contributed by atoms with van der Waals surface area (Å²) in [7, 11) is 1.39. The highest BCUT2D eigenvalue weighted by Crippen LogP contribution is 2.39. The molecule has 1 fully saturated rings. The number of amides is 2. The smallest absolute Gasteiger partial charge is 0.343 e. The fourth-order valence-electron chi connectivity index (χ4n) is 3.35. The van der Waals surface area contributed by atoms with E-state index >= 15 is 0 Å². The van der Waals surface area contributed by atoms with E-state index in [1.807, 2.05) is 6.92 Å². The lowest BCUT2D eigenvalue weighted by atomic mass is 10.1. The summed E-state index contributed by atoms with van der Waals surface area (Å²) in [6.07, 6.45) is 1.48. The summed E-state index contributed by atoms with van der Waals surface area (Å²) in [5, 5.41) is -0.423. The second-order valence-corrected chi connectivity index (χ2v) is 9.05. The van der Waals surface area contributed by atoms with E-state index in [1.54, 1.807) is 30.3 Å². The van der Waals surface area contributed by atoms with Crippen molar-refractivity contribution in [2.45, 2.75) is 13.5 Å². The number of methoxy groups -OCH3 is 1. The molecule has 0 bridgehead atoms. The number of esters is 1. The van der Waals surface area contributed by atoms with Gasteiger partial charge >= 0.3 is 5.97 Å². The number of ether oxygens (including phenoxy) is 2. The molecule has 0 saturated carbocycles. The van der Waals surface area contributed by atoms with Gasteiger partial charge in [0, 0.05) is 5.56 Å². The Balaban J connectivity index is 1.57. The molecule has 0 radical (unpaired) electrons. The minimum Gasteiger partial charge on any atom is -0.493 e. The van der Waals surface area contributed by atoms with Crippen LogP contribution in [0.15, 0.2) is 65.6 Å². The Bertz CT molecular complexity index is 1360. The standard InChI is InChI=1S/C26H19ClFNO5S/c1-15-7-9-17(10-8-15)25(31)34-23-19(27)11-16(12-21(23)33-2)13-22-24(30)29(26(32)35-22)14-18-5-3-4-6-20(18)28/h3-13H,14H2,1-2H3/b22-13-. The Morgan fingerprint density at radius 1 is 1.11 bits per heavy atom. The molecule has 4 rings (SSSR count). The van der Waals surface area contributed by atoms with E-state index in [1.165, 1.54) is 43.5 Å². The monoisotopic (exact) mass is 511 g/mol. The third kappa shape index (κ3) is 5.39. The maximum atomic E-state index is 14.0. The molecular weight excluding hydrogens is 493 g/mol. The number of benzene rings is 3. The summed E-state index contributed by atoms with van der Waals surface area (Å²) in [6.45, 7) is 1.73. The number of thioether (sulfide) groups is 1. The van der Waals surface area contributed by atoms with Crippen LogP contribution in [0.3, 0.4) is 0 Å². The molecule has 6 nitrogen and oxygen atoms in total. The Morgan fingerprint density at radius 3 is 2.51 bits per heavy atom. The maximum absolute atomic E-state index is 14.0. The molecule has 0 aromatic heterocycles. The summed E-state index contributed by atoms with van der Waals surface area (Å²) in [6, 6.07) is 15.8. The normalized spacial score (nSPS) is 14.5. The van der Waals surface area contributed by atoms with E-state index in [4.69, 9.17) is 21.1 Å². The number of halogens is 2. The van der Waals surface area contributed by atoms with E-state index in [-0.39, 0.29) is 33.5 Å².